The van der Waals surface area contributed by atoms with E-state index < -0.39 is 0 Å². The molecule has 1 aliphatic heterocycles. The molecule has 1 aromatic rings. The maximum absolute atomic E-state index is 11.7. The molecule has 1 aliphatic rings. The lowest BCUT2D eigenvalue weighted by Gasteiger charge is -2.35. The lowest BCUT2D eigenvalue weighted by molar-refractivity contribution is 0.0601. The van der Waals surface area contributed by atoms with Gasteiger partial charge in [0.25, 0.3) is 0 Å². The van der Waals surface area contributed by atoms with Gasteiger partial charge in [0.15, 0.2) is 5.11 Å². The molecule has 1 saturated heterocycles. The minimum atomic E-state index is -0.350. The van der Waals surface area contributed by atoms with E-state index in [0.29, 0.717) is 10.7 Å². The summed E-state index contributed by atoms with van der Waals surface area (Å²) in [5, 5.41) is 7.02. The molecule has 26 heavy (non-hydrogen) atoms. The van der Waals surface area contributed by atoms with Gasteiger partial charge in [-0.1, -0.05) is 19.9 Å². The molecule has 1 aromatic carbocycles. The number of rotatable bonds is 6. The Morgan fingerprint density at radius 2 is 2.00 bits per heavy atom. The first-order valence-electron chi connectivity index (χ1n) is 9.35. The Labute approximate surface area is 162 Å². The fourth-order valence-electron chi connectivity index (χ4n) is 3.65. The average molecular weight is 378 g/mol. The van der Waals surface area contributed by atoms with Crippen molar-refractivity contribution in [3.8, 4) is 0 Å². The summed E-state index contributed by atoms with van der Waals surface area (Å²) in [6.07, 6.45) is 2.40. The van der Waals surface area contributed by atoms with Gasteiger partial charge < -0.3 is 20.3 Å². The van der Waals surface area contributed by atoms with E-state index >= 15 is 0 Å². The molecule has 2 N–H and O–H groups in total. The number of carbonyl (C=O) groups is 1. The van der Waals surface area contributed by atoms with E-state index in [1.165, 1.54) is 26.6 Å². The highest BCUT2D eigenvalue weighted by Gasteiger charge is 2.21. The molecule has 0 aliphatic carbocycles. The number of carbonyl (C=O) groups excluding carboxylic acids is 1. The second kappa shape index (κ2) is 9.88. The van der Waals surface area contributed by atoms with Crippen molar-refractivity contribution in [1.82, 2.24) is 10.2 Å². The number of nitrogens with one attached hydrogen (secondary N) is 2. The number of likely N-dealkylation sites (tertiary alicyclic amines) is 1. The number of hydrogen-bond donors (Lipinski definition) is 2. The van der Waals surface area contributed by atoms with Crippen LogP contribution in [0, 0.1) is 18.8 Å². The Kier molecular flexibility index (Phi) is 7.85. The van der Waals surface area contributed by atoms with Crippen molar-refractivity contribution >= 4 is 29.0 Å². The Morgan fingerprint density at radius 1 is 1.31 bits per heavy atom. The SMILES string of the molecule is COC(=O)c1ccc(C)c(NC(=S)NCCCN2C[C@H](C)C[C@H](C)C2)c1. The Balaban J connectivity index is 1.76. The quantitative estimate of drug-likeness (QED) is 0.450. The van der Waals surface area contributed by atoms with E-state index in [-0.39, 0.29) is 5.97 Å². The molecular formula is C20H31N3O2S. The van der Waals surface area contributed by atoms with Crippen LogP contribution in [0.4, 0.5) is 5.69 Å². The van der Waals surface area contributed by atoms with E-state index in [9.17, 15) is 4.79 Å². The highest BCUT2D eigenvalue weighted by molar-refractivity contribution is 7.80. The first-order valence-corrected chi connectivity index (χ1v) is 9.76. The highest BCUT2D eigenvalue weighted by Crippen LogP contribution is 2.21. The molecule has 5 nitrogen and oxygen atoms in total. The fourth-order valence-corrected chi connectivity index (χ4v) is 3.86. The lowest BCUT2D eigenvalue weighted by atomic mass is 9.92. The van der Waals surface area contributed by atoms with Crippen molar-refractivity contribution in [3.05, 3.63) is 29.3 Å². The fraction of sp³-hybridized carbons (Fsp3) is 0.600. The molecule has 1 fully saturated rings. The van der Waals surface area contributed by atoms with Crippen molar-refractivity contribution < 1.29 is 9.53 Å². The number of ether oxygens (including phenoxy) is 1. The molecule has 0 bridgehead atoms. The van der Waals surface area contributed by atoms with Gasteiger partial charge in [-0.05, 0) is 68.1 Å². The molecule has 0 spiro atoms. The van der Waals surface area contributed by atoms with Crippen molar-refractivity contribution in [2.24, 2.45) is 11.8 Å². The van der Waals surface area contributed by atoms with E-state index in [1.807, 2.05) is 13.0 Å². The first kappa shape index (κ1) is 20.6. The van der Waals surface area contributed by atoms with Crippen molar-refractivity contribution in [2.75, 3.05) is 38.6 Å². The van der Waals surface area contributed by atoms with Crippen LogP contribution in [0.3, 0.4) is 0 Å². The molecule has 0 saturated carbocycles. The van der Waals surface area contributed by atoms with Gasteiger partial charge in [0.1, 0.15) is 0 Å². The van der Waals surface area contributed by atoms with Crippen molar-refractivity contribution in [3.63, 3.8) is 0 Å². The minimum absolute atomic E-state index is 0.350. The van der Waals surface area contributed by atoms with Gasteiger partial charge in [0, 0.05) is 25.3 Å². The van der Waals surface area contributed by atoms with Crippen molar-refractivity contribution in [1.29, 1.82) is 0 Å². The molecular weight excluding hydrogens is 346 g/mol. The molecule has 0 radical (unpaired) electrons. The summed E-state index contributed by atoms with van der Waals surface area (Å²) in [6, 6.07) is 5.41. The van der Waals surface area contributed by atoms with Crippen LogP contribution in [0.5, 0.6) is 0 Å². The third-order valence-electron chi connectivity index (χ3n) is 4.79. The summed E-state index contributed by atoms with van der Waals surface area (Å²) in [5.74, 6) is 1.23. The average Bonchev–Trinajstić information content (AvgIpc) is 2.59. The van der Waals surface area contributed by atoms with Gasteiger partial charge in [-0.15, -0.1) is 0 Å². The van der Waals surface area contributed by atoms with Crippen LogP contribution in [0.1, 0.15) is 42.6 Å². The zero-order valence-electron chi connectivity index (χ0n) is 16.3. The predicted octanol–water partition coefficient (Wildman–Crippen LogP) is 3.44. The van der Waals surface area contributed by atoms with Gasteiger partial charge >= 0.3 is 5.97 Å². The maximum atomic E-state index is 11.7. The standard InChI is InChI=1S/C20H31N3O2S/c1-14-10-15(2)13-23(12-14)9-5-8-21-20(26)22-18-11-17(19(24)25-4)7-6-16(18)3/h6-7,11,14-15H,5,8-10,12-13H2,1-4H3,(H2,21,22,26)/t14-,15+. The number of thiocarbonyl (C=S) groups is 1. The zero-order valence-corrected chi connectivity index (χ0v) is 17.1. The number of hydrogen-bond acceptors (Lipinski definition) is 4. The summed E-state index contributed by atoms with van der Waals surface area (Å²) in [4.78, 5) is 14.2. The van der Waals surface area contributed by atoms with Gasteiger partial charge in [0.05, 0.1) is 12.7 Å². The molecule has 0 aromatic heterocycles. The molecule has 1 heterocycles. The second-order valence-corrected chi connectivity index (χ2v) is 7.87. The third-order valence-corrected chi connectivity index (χ3v) is 5.03. The number of benzene rings is 1. The van der Waals surface area contributed by atoms with E-state index in [0.717, 1.165) is 42.6 Å². The van der Waals surface area contributed by atoms with Crippen LogP contribution >= 0.6 is 12.2 Å². The normalized spacial score (nSPS) is 20.5. The summed E-state index contributed by atoms with van der Waals surface area (Å²) in [7, 11) is 1.38. The van der Waals surface area contributed by atoms with Gasteiger partial charge in [-0.2, -0.15) is 0 Å². The maximum Gasteiger partial charge on any atom is 0.337 e. The molecule has 2 rings (SSSR count). The zero-order chi connectivity index (χ0) is 19.1. The van der Waals surface area contributed by atoms with E-state index in [2.05, 4.69) is 29.4 Å². The topological polar surface area (TPSA) is 53.6 Å². The Morgan fingerprint density at radius 3 is 2.65 bits per heavy atom. The van der Waals surface area contributed by atoms with Crippen LogP contribution in [0.15, 0.2) is 18.2 Å². The molecule has 0 unspecified atom stereocenters. The molecule has 6 heteroatoms. The van der Waals surface area contributed by atoms with Gasteiger partial charge in [0.2, 0.25) is 0 Å². The summed E-state index contributed by atoms with van der Waals surface area (Å²) in [6.45, 7) is 11.0. The van der Waals surface area contributed by atoms with Crippen LogP contribution in [-0.2, 0) is 4.74 Å². The number of aryl methyl sites for hydroxylation is 1. The van der Waals surface area contributed by atoms with Crippen molar-refractivity contribution in [2.45, 2.75) is 33.6 Å². The van der Waals surface area contributed by atoms with Gasteiger partial charge in [-0.3, -0.25) is 0 Å². The number of piperidine rings is 1. The predicted molar refractivity (Wildman–Crippen MR) is 111 cm³/mol. The molecule has 144 valence electrons. The largest absolute Gasteiger partial charge is 0.465 e. The second-order valence-electron chi connectivity index (χ2n) is 7.46. The first-order chi connectivity index (χ1) is 12.4. The minimum Gasteiger partial charge on any atom is -0.465 e. The number of nitrogens with zero attached hydrogens (tertiary/aromatic N) is 1. The number of anilines is 1. The molecule has 0 amide bonds. The van der Waals surface area contributed by atoms with E-state index in [1.54, 1.807) is 12.1 Å². The van der Waals surface area contributed by atoms with Gasteiger partial charge in [-0.25, -0.2) is 4.79 Å². The highest BCUT2D eigenvalue weighted by atomic mass is 32.1. The number of methoxy groups -OCH3 is 1. The molecule has 2 atom stereocenters. The summed E-state index contributed by atoms with van der Waals surface area (Å²) < 4.78 is 4.77. The lowest BCUT2D eigenvalue weighted by Crippen LogP contribution is -2.40. The summed E-state index contributed by atoms with van der Waals surface area (Å²) >= 11 is 5.39. The summed E-state index contributed by atoms with van der Waals surface area (Å²) in [5.41, 5.74) is 2.36. The number of esters is 1. The third kappa shape index (κ3) is 6.25. The van der Waals surface area contributed by atoms with Crippen LogP contribution < -0.4 is 10.6 Å². The smallest absolute Gasteiger partial charge is 0.337 e. The van der Waals surface area contributed by atoms with Crippen LogP contribution in [-0.4, -0.2) is 49.3 Å². The van der Waals surface area contributed by atoms with Crippen LogP contribution in [0.25, 0.3) is 0 Å². The van der Waals surface area contributed by atoms with Crippen LogP contribution in [0.2, 0.25) is 0 Å². The Hall–Kier alpha value is -1.66. The Bertz CT molecular complexity index is 625. The monoisotopic (exact) mass is 377 g/mol. The van der Waals surface area contributed by atoms with E-state index in [4.69, 9.17) is 17.0 Å².